The predicted octanol–water partition coefficient (Wildman–Crippen LogP) is 3.44. The lowest BCUT2D eigenvalue weighted by molar-refractivity contribution is 0.276. The molecule has 0 spiro atoms. The van der Waals surface area contributed by atoms with Crippen LogP contribution in [0.25, 0.3) is 0 Å². The second-order valence-corrected chi connectivity index (χ2v) is 5.94. The minimum absolute atomic E-state index is 0.122. The number of nitrogens with zero attached hydrogens (tertiary/aromatic N) is 1. The highest BCUT2D eigenvalue weighted by atomic mass is 35.5. The first kappa shape index (κ1) is 14.2. The van der Waals surface area contributed by atoms with Crippen LogP contribution < -0.4 is 16.0 Å². The summed E-state index contributed by atoms with van der Waals surface area (Å²) in [7, 11) is 0. The topological polar surface area (TPSA) is 60.2 Å². The molecule has 1 aliphatic rings. The molecule has 0 unspecified atom stereocenters. The van der Waals surface area contributed by atoms with Gasteiger partial charge in [0.15, 0.2) is 0 Å². The Labute approximate surface area is 129 Å². The quantitative estimate of drug-likeness (QED) is 0.656. The standard InChI is InChI=1S/C16H18ClN3O/c1-11-14(6-9-19-15(11)20-18)21-10-16(7-8-16)12-2-4-13(17)5-3-12/h2-6,9H,7-8,10,18H2,1H3,(H,19,20). The molecule has 3 rings (SSSR count). The summed E-state index contributed by atoms with van der Waals surface area (Å²) in [6.07, 6.45) is 3.97. The summed E-state index contributed by atoms with van der Waals surface area (Å²) in [5, 5.41) is 0.763. The largest absolute Gasteiger partial charge is 0.492 e. The fourth-order valence-corrected chi connectivity index (χ4v) is 2.63. The highest BCUT2D eigenvalue weighted by molar-refractivity contribution is 6.30. The average Bonchev–Trinajstić information content (AvgIpc) is 3.28. The lowest BCUT2D eigenvalue weighted by Crippen LogP contribution is -2.18. The van der Waals surface area contributed by atoms with Crippen LogP contribution in [0.5, 0.6) is 5.75 Å². The van der Waals surface area contributed by atoms with E-state index in [9.17, 15) is 0 Å². The molecule has 1 aliphatic carbocycles. The van der Waals surface area contributed by atoms with Gasteiger partial charge in [0.05, 0.1) is 6.61 Å². The number of pyridine rings is 1. The summed E-state index contributed by atoms with van der Waals surface area (Å²) in [5.41, 5.74) is 4.91. The van der Waals surface area contributed by atoms with Gasteiger partial charge in [-0.3, -0.25) is 0 Å². The summed E-state index contributed by atoms with van der Waals surface area (Å²) in [6.45, 7) is 2.60. The first-order valence-electron chi connectivity index (χ1n) is 6.96. The SMILES string of the molecule is Cc1c(OCC2(c3ccc(Cl)cc3)CC2)ccnc1NN. The van der Waals surface area contributed by atoms with E-state index in [1.54, 1.807) is 6.20 Å². The van der Waals surface area contributed by atoms with Gasteiger partial charge in [0.2, 0.25) is 0 Å². The van der Waals surface area contributed by atoms with E-state index < -0.39 is 0 Å². The molecular formula is C16H18ClN3O. The third-order valence-corrected chi connectivity index (χ3v) is 4.36. The zero-order valence-electron chi connectivity index (χ0n) is 11.9. The monoisotopic (exact) mass is 303 g/mol. The number of hydrazine groups is 1. The van der Waals surface area contributed by atoms with Crippen LogP contribution in [-0.4, -0.2) is 11.6 Å². The van der Waals surface area contributed by atoms with Gasteiger partial charge in [-0.25, -0.2) is 10.8 Å². The van der Waals surface area contributed by atoms with Crippen LogP contribution in [0.1, 0.15) is 24.0 Å². The van der Waals surface area contributed by atoms with Gasteiger partial charge in [-0.15, -0.1) is 0 Å². The van der Waals surface area contributed by atoms with E-state index in [1.807, 2.05) is 25.1 Å². The molecule has 2 aromatic rings. The van der Waals surface area contributed by atoms with Gasteiger partial charge in [-0.2, -0.15) is 0 Å². The molecule has 0 radical (unpaired) electrons. The number of rotatable bonds is 5. The van der Waals surface area contributed by atoms with Crippen molar-refractivity contribution in [2.24, 2.45) is 5.84 Å². The summed E-state index contributed by atoms with van der Waals surface area (Å²) < 4.78 is 6.02. The molecule has 110 valence electrons. The molecule has 0 atom stereocenters. The van der Waals surface area contributed by atoms with E-state index in [4.69, 9.17) is 22.2 Å². The lowest BCUT2D eigenvalue weighted by atomic mass is 9.97. The van der Waals surface area contributed by atoms with Crippen LogP contribution in [0.4, 0.5) is 5.82 Å². The molecule has 1 aromatic heterocycles. The molecular weight excluding hydrogens is 286 g/mol. The van der Waals surface area contributed by atoms with Crippen molar-refractivity contribution < 1.29 is 4.74 Å². The van der Waals surface area contributed by atoms with Crippen molar-refractivity contribution in [2.45, 2.75) is 25.2 Å². The fourth-order valence-electron chi connectivity index (χ4n) is 2.51. The van der Waals surface area contributed by atoms with E-state index in [1.165, 1.54) is 5.56 Å². The lowest BCUT2D eigenvalue weighted by Gasteiger charge is -2.18. The van der Waals surface area contributed by atoms with Gasteiger partial charge in [0.1, 0.15) is 11.6 Å². The molecule has 3 N–H and O–H groups in total. The Kier molecular flexibility index (Phi) is 3.74. The first-order valence-corrected chi connectivity index (χ1v) is 7.33. The highest BCUT2D eigenvalue weighted by Crippen LogP contribution is 2.48. The normalized spacial score (nSPS) is 15.6. The van der Waals surface area contributed by atoms with Crippen LogP contribution in [0.3, 0.4) is 0 Å². The molecule has 5 heteroatoms. The molecule has 1 aromatic carbocycles. The first-order chi connectivity index (χ1) is 10.1. The number of anilines is 1. The van der Waals surface area contributed by atoms with Crippen LogP contribution in [0.15, 0.2) is 36.5 Å². The van der Waals surface area contributed by atoms with Crippen molar-refractivity contribution in [3.63, 3.8) is 0 Å². The molecule has 0 amide bonds. The molecule has 0 aliphatic heterocycles. The second kappa shape index (κ2) is 5.54. The Morgan fingerprint density at radius 2 is 2.00 bits per heavy atom. The Bertz CT molecular complexity index is 638. The molecule has 4 nitrogen and oxygen atoms in total. The van der Waals surface area contributed by atoms with E-state index >= 15 is 0 Å². The minimum atomic E-state index is 0.122. The Morgan fingerprint density at radius 3 is 2.62 bits per heavy atom. The maximum absolute atomic E-state index is 6.02. The van der Waals surface area contributed by atoms with Gasteiger partial charge in [0.25, 0.3) is 0 Å². The van der Waals surface area contributed by atoms with Crippen molar-refractivity contribution in [3.8, 4) is 5.75 Å². The number of halogens is 1. The fraction of sp³-hybridized carbons (Fsp3) is 0.312. The number of nitrogen functional groups attached to an aromatic ring is 1. The zero-order chi connectivity index (χ0) is 14.9. The van der Waals surface area contributed by atoms with Gasteiger partial charge in [-0.1, -0.05) is 23.7 Å². The number of aromatic nitrogens is 1. The maximum atomic E-state index is 6.02. The van der Waals surface area contributed by atoms with Gasteiger partial charge in [-0.05, 0) is 43.5 Å². The Hall–Kier alpha value is -1.78. The number of hydrogen-bond acceptors (Lipinski definition) is 4. The van der Waals surface area contributed by atoms with E-state index in [2.05, 4.69) is 22.5 Å². The summed E-state index contributed by atoms with van der Waals surface area (Å²) in [6, 6.07) is 9.92. The smallest absolute Gasteiger partial charge is 0.146 e. The van der Waals surface area contributed by atoms with E-state index in [0.29, 0.717) is 12.4 Å². The van der Waals surface area contributed by atoms with Crippen LogP contribution >= 0.6 is 11.6 Å². The Morgan fingerprint density at radius 1 is 1.29 bits per heavy atom. The van der Waals surface area contributed by atoms with Crippen molar-refractivity contribution in [2.75, 3.05) is 12.0 Å². The van der Waals surface area contributed by atoms with Crippen LogP contribution in [0.2, 0.25) is 5.02 Å². The molecule has 0 saturated heterocycles. The van der Waals surface area contributed by atoms with Crippen molar-refractivity contribution in [1.29, 1.82) is 0 Å². The predicted molar refractivity (Wildman–Crippen MR) is 84.6 cm³/mol. The molecule has 0 bridgehead atoms. The zero-order valence-corrected chi connectivity index (χ0v) is 12.7. The molecule has 21 heavy (non-hydrogen) atoms. The van der Waals surface area contributed by atoms with Crippen molar-refractivity contribution >= 4 is 17.4 Å². The van der Waals surface area contributed by atoms with Gasteiger partial charge in [0, 0.05) is 22.2 Å². The summed E-state index contributed by atoms with van der Waals surface area (Å²) >= 11 is 5.95. The van der Waals surface area contributed by atoms with E-state index in [-0.39, 0.29) is 5.41 Å². The number of nitrogens with two attached hydrogens (primary N) is 1. The highest BCUT2D eigenvalue weighted by Gasteiger charge is 2.45. The summed E-state index contributed by atoms with van der Waals surface area (Å²) in [4.78, 5) is 4.15. The average molecular weight is 304 g/mol. The number of nitrogens with one attached hydrogen (secondary N) is 1. The molecule has 1 saturated carbocycles. The molecule has 1 heterocycles. The minimum Gasteiger partial charge on any atom is -0.492 e. The van der Waals surface area contributed by atoms with Gasteiger partial charge >= 0.3 is 0 Å². The van der Waals surface area contributed by atoms with Crippen LogP contribution in [-0.2, 0) is 5.41 Å². The number of benzene rings is 1. The van der Waals surface area contributed by atoms with Crippen LogP contribution in [0, 0.1) is 6.92 Å². The number of ether oxygens (including phenoxy) is 1. The maximum Gasteiger partial charge on any atom is 0.146 e. The second-order valence-electron chi connectivity index (χ2n) is 5.50. The van der Waals surface area contributed by atoms with Gasteiger partial charge < -0.3 is 10.2 Å². The Balaban J connectivity index is 1.74. The van der Waals surface area contributed by atoms with E-state index in [0.717, 1.165) is 29.2 Å². The third-order valence-electron chi connectivity index (χ3n) is 4.11. The van der Waals surface area contributed by atoms with Crippen molar-refractivity contribution in [3.05, 3.63) is 52.7 Å². The number of hydrogen-bond donors (Lipinski definition) is 2. The molecule has 1 fully saturated rings. The third kappa shape index (κ3) is 2.82. The summed E-state index contributed by atoms with van der Waals surface area (Å²) in [5.74, 6) is 6.90. The van der Waals surface area contributed by atoms with Crippen molar-refractivity contribution in [1.82, 2.24) is 4.98 Å².